The zero-order valence-electron chi connectivity index (χ0n) is 13.5. The highest BCUT2D eigenvalue weighted by molar-refractivity contribution is 6.02. The van der Waals surface area contributed by atoms with Crippen LogP contribution in [0.5, 0.6) is 0 Å². The maximum Gasteiger partial charge on any atom is 0.275 e. The molecule has 1 aromatic carbocycles. The van der Waals surface area contributed by atoms with Crippen molar-refractivity contribution >= 4 is 23.1 Å². The maximum absolute atomic E-state index is 12.2. The number of carbonyl (C=O) groups excluding carboxylic acids is 1. The third kappa shape index (κ3) is 3.90. The van der Waals surface area contributed by atoms with Gasteiger partial charge in [-0.3, -0.25) is 4.79 Å². The first-order chi connectivity index (χ1) is 11.8. The molecule has 0 atom stereocenters. The standard InChI is InChI=1S/C18H21N5O/c1-2-9-19-17-13-20-16(12-21-17)18(24)22-14-5-7-15(8-6-14)23-10-3-4-11-23/h2,5-8,12-13H,1,3-4,9-11H2,(H,19,21)(H,22,24). The van der Waals surface area contributed by atoms with Crippen molar-refractivity contribution < 1.29 is 4.79 Å². The Hall–Kier alpha value is -2.89. The van der Waals surface area contributed by atoms with Crippen molar-refractivity contribution in [2.24, 2.45) is 0 Å². The first kappa shape index (κ1) is 16.0. The van der Waals surface area contributed by atoms with Crippen molar-refractivity contribution in [3.05, 3.63) is 55.0 Å². The molecule has 3 rings (SSSR count). The van der Waals surface area contributed by atoms with E-state index in [1.54, 1.807) is 6.08 Å². The number of hydrogen-bond donors (Lipinski definition) is 2. The first-order valence-corrected chi connectivity index (χ1v) is 8.09. The third-order valence-electron chi connectivity index (χ3n) is 3.91. The van der Waals surface area contributed by atoms with Gasteiger partial charge in [0.05, 0.1) is 12.4 Å². The van der Waals surface area contributed by atoms with Gasteiger partial charge in [-0.25, -0.2) is 9.97 Å². The Morgan fingerprint density at radius 1 is 1.17 bits per heavy atom. The van der Waals surface area contributed by atoms with Gasteiger partial charge in [-0.2, -0.15) is 0 Å². The summed E-state index contributed by atoms with van der Waals surface area (Å²) in [6.45, 7) is 6.43. The van der Waals surface area contributed by atoms with Crippen LogP contribution in [0.15, 0.2) is 49.3 Å². The SMILES string of the molecule is C=CCNc1cnc(C(=O)Nc2ccc(N3CCCC3)cc2)cn1. The van der Waals surface area contributed by atoms with Gasteiger partial charge in [0.2, 0.25) is 0 Å². The van der Waals surface area contributed by atoms with Gasteiger partial charge in [0, 0.05) is 31.0 Å². The molecule has 0 radical (unpaired) electrons. The van der Waals surface area contributed by atoms with Gasteiger partial charge in [0.15, 0.2) is 0 Å². The number of hydrogen-bond acceptors (Lipinski definition) is 5. The molecule has 2 heterocycles. The molecule has 24 heavy (non-hydrogen) atoms. The second kappa shape index (κ2) is 7.59. The summed E-state index contributed by atoms with van der Waals surface area (Å²) < 4.78 is 0. The summed E-state index contributed by atoms with van der Waals surface area (Å²) in [6.07, 6.45) is 7.21. The molecule has 1 aliphatic rings. The predicted molar refractivity (Wildman–Crippen MR) is 96.6 cm³/mol. The van der Waals surface area contributed by atoms with Crippen LogP contribution in [0.25, 0.3) is 0 Å². The molecule has 0 spiro atoms. The minimum absolute atomic E-state index is 0.272. The summed E-state index contributed by atoms with van der Waals surface area (Å²) in [6, 6.07) is 7.90. The number of amides is 1. The molecule has 6 nitrogen and oxygen atoms in total. The fraction of sp³-hybridized carbons (Fsp3) is 0.278. The molecule has 0 bridgehead atoms. The van der Waals surface area contributed by atoms with Crippen molar-refractivity contribution in [3.8, 4) is 0 Å². The van der Waals surface area contributed by atoms with E-state index in [0.717, 1.165) is 18.8 Å². The van der Waals surface area contributed by atoms with Crippen LogP contribution >= 0.6 is 0 Å². The molecule has 0 aliphatic carbocycles. The monoisotopic (exact) mass is 323 g/mol. The Bertz CT molecular complexity index is 690. The molecule has 124 valence electrons. The Labute approximate surface area is 141 Å². The Balaban J connectivity index is 1.60. The van der Waals surface area contributed by atoms with E-state index in [1.807, 2.05) is 24.3 Å². The molecular weight excluding hydrogens is 302 g/mol. The van der Waals surface area contributed by atoms with Gasteiger partial charge < -0.3 is 15.5 Å². The summed E-state index contributed by atoms with van der Waals surface area (Å²) in [4.78, 5) is 22.9. The van der Waals surface area contributed by atoms with Gasteiger partial charge in [-0.15, -0.1) is 6.58 Å². The van der Waals surface area contributed by atoms with Crippen LogP contribution in [-0.4, -0.2) is 35.5 Å². The lowest BCUT2D eigenvalue weighted by Gasteiger charge is -2.17. The van der Waals surface area contributed by atoms with Crippen LogP contribution in [0.1, 0.15) is 23.3 Å². The number of aromatic nitrogens is 2. The van der Waals surface area contributed by atoms with E-state index >= 15 is 0 Å². The Morgan fingerprint density at radius 3 is 2.54 bits per heavy atom. The molecule has 1 amide bonds. The van der Waals surface area contributed by atoms with Gasteiger partial charge >= 0.3 is 0 Å². The zero-order valence-corrected chi connectivity index (χ0v) is 13.5. The van der Waals surface area contributed by atoms with E-state index in [2.05, 4.69) is 32.1 Å². The number of carbonyl (C=O) groups is 1. The minimum atomic E-state index is -0.272. The summed E-state index contributed by atoms with van der Waals surface area (Å²) in [7, 11) is 0. The number of nitrogens with zero attached hydrogens (tertiary/aromatic N) is 3. The van der Waals surface area contributed by atoms with E-state index in [0.29, 0.717) is 12.4 Å². The van der Waals surface area contributed by atoms with Crippen LogP contribution < -0.4 is 15.5 Å². The van der Waals surface area contributed by atoms with E-state index < -0.39 is 0 Å². The molecular formula is C18H21N5O. The molecule has 1 aromatic heterocycles. The average molecular weight is 323 g/mol. The Kier molecular flexibility index (Phi) is 5.05. The van der Waals surface area contributed by atoms with Crippen LogP contribution in [0.4, 0.5) is 17.2 Å². The molecule has 2 aromatic rings. The second-order valence-corrected chi connectivity index (χ2v) is 5.65. The lowest BCUT2D eigenvalue weighted by molar-refractivity contribution is 0.102. The van der Waals surface area contributed by atoms with E-state index in [4.69, 9.17) is 0 Å². The molecule has 1 aliphatic heterocycles. The maximum atomic E-state index is 12.2. The van der Waals surface area contributed by atoms with E-state index in [-0.39, 0.29) is 11.6 Å². The number of nitrogens with one attached hydrogen (secondary N) is 2. The minimum Gasteiger partial charge on any atom is -0.372 e. The van der Waals surface area contributed by atoms with Crippen molar-refractivity contribution in [3.63, 3.8) is 0 Å². The predicted octanol–water partition coefficient (Wildman–Crippen LogP) is 2.93. The summed E-state index contributed by atoms with van der Waals surface area (Å²) in [5.41, 5.74) is 2.23. The van der Waals surface area contributed by atoms with Crippen LogP contribution in [-0.2, 0) is 0 Å². The van der Waals surface area contributed by atoms with Gasteiger partial charge in [0.1, 0.15) is 11.5 Å². The van der Waals surface area contributed by atoms with Crippen molar-refractivity contribution in [1.82, 2.24) is 9.97 Å². The van der Waals surface area contributed by atoms with Crippen LogP contribution in [0.2, 0.25) is 0 Å². The summed E-state index contributed by atoms with van der Waals surface area (Å²) >= 11 is 0. The van der Waals surface area contributed by atoms with Gasteiger partial charge in [-0.1, -0.05) is 6.08 Å². The smallest absolute Gasteiger partial charge is 0.275 e. The molecule has 2 N–H and O–H groups in total. The normalized spacial score (nSPS) is 13.6. The molecule has 0 unspecified atom stereocenters. The fourth-order valence-corrected chi connectivity index (χ4v) is 2.64. The fourth-order valence-electron chi connectivity index (χ4n) is 2.64. The lowest BCUT2D eigenvalue weighted by atomic mass is 10.2. The van der Waals surface area contributed by atoms with Crippen LogP contribution in [0.3, 0.4) is 0 Å². The summed E-state index contributed by atoms with van der Waals surface area (Å²) in [5.74, 6) is 0.341. The highest BCUT2D eigenvalue weighted by atomic mass is 16.1. The van der Waals surface area contributed by atoms with E-state index in [9.17, 15) is 4.79 Å². The highest BCUT2D eigenvalue weighted by Crippen LogP contribution is 2.22. The van der Waals surface area contributed by atoms with Crippen molar-refractivity contribution in [2.45, 2.75) is 12.8 Å². The number of anilines is 3. The van der Waals surface area contributed by atoms with Crippen molar-refractivity contribution in [1.29, 1.82) is 0 Å². The highest BCUT2D eigenvalue weighted by Gasteiger charge is 2.13. The molecule has 6 heteroatoms. The molecule has 1 saturated heterocycles. The first-order valence-electron chi connectivity index (χ1n) is 8.09. The molecule has 0 saturated carbocycles. The quantitative estimate of drug-likeness (QED) is 0.800. The topological polar surface area (TPSA) is 70.2 Å². The third-order valence-corrected chi connectivity index (χ3v) is 3.91. The number of benzene rings is 1. The lowest BCUT2D eigenvalue weighted by Crippen LogP contribution is -2.18. The molecule has 1 fully saturated rings. The van der Waals surface area contributed by atoms with Crippen molar-refractivity contribution in [2.75, 3.05) is 35.2 Å². The average Bonchev–Trinajstić information content (AvgIpc) is 3.15. The summed E-state index contributed by atoms with van der Waals surface area (Å²) in [5, 5.41) is 5.86. The number of rotatable bonds is 6. The van der Waals surface area contributed by atoms with Crippen LogP contribution in [0, 0.1) is 0 Å². The zero-order chi connectivity index (χ0) is 16.8. The Morgan fingerprint density at radius 2 is 1.92 bits per heavy atom. The largest absolute Gasteiger partial charge is 0.372 e. The second-order valence-electron chi connectivity index (χ2n) is 5.65. The van der Waals surface area contributed by atoms with Gasteiger partial charge in [-0.05, 0) is 37.1 Å². The van der Waals surface area contributed by atoms with E-state index in [1.165, 1.54) is 30.9 Å². The van der Waals surface area contributed by atoms with Gasteiger partial charge in [0.25, 0.3) is 5.91 Å².